The first-order valence-electron chi connectivity index (χ1n) is 4.73. The van der Waals surface area contributed by atoms with Crippen molar-refractivity contribution in [3.05, 3.63) is 16.9 Å². The maximum Gasteiger partial charge on any atom is 0.134 e. The number of halogens is 1. The normalized spacial score (nSPS) is 13.0. The third-order valence-corrected chi connectivity index (χ3v) is 8.59. The number of aromatic nitrogens is 2. The maximum absolute atomic E-state index is 4.42. The second kappa shape index (κ2) is 3.74. The molecular weight excluding hydrogens is 256 g/mol. The van der Waals surface area contributed by atoms with E-state index in [9.17, 15) is 0 Å². The van der Waals surface area contributed by atoms with Gasteiger partial charge in [0.15, 0.2) is 0 Å². The summed E-state index contributed by atoms with van der Waals surface area (Å²) in [5, 5.41) is 0.292. The van der Waals surface area contributed by atoms with Crippen LogP contribution in [0.4, 0.5) is 0 Å². The van der Waals surface area contributed by atoms with Gasteiger partial charge in [-0.3, -0.25) is 0 Å². The highest BCUT2D eigenvalue weighted by Gasteiger charge is 2.39. The van der Waals surface area contributed by atoms with Crippen LogP contribution >= 0.6 is 15.9 Å². The molecule has 1 aromatic rings. The zero-order valence-electron chi connectivity index (χ0n) is 9.43. The molecule has 0 bridgehead atoms. The van der Waals surface area contributed by atoms with Gasteiger partial charge in [0.1, 0.15) is 13.5 Å². The van der Waals surface area contributed by atoms with Crippen LogP contribution in [0.25, 0.3) is 0 Å². The Balaban J connectivity index is 3.10. The zero-order valence-corrected chi connectivity index (χ0v) is 12.0. The third-order valence-electron chi connectivity index (χ3n) is 3.05. The van der Waals surface area contributed by atoms with Crippen LogP contribution in [-0.4, -0.2) is 18.0 Å². The van der Waals surface area contributed by atoms with Crippen LogP contribution in [0.2, 0.25) is 18.1 Å². The van der Waals surface area contributed by atoms with E-state index in [0.717, 1.165) is 9.92 Å². The molecule has 0 spiro atoms. The van der Waals surface area contributed by atoms with Crippen molar-refractivity contribution in [1.82, 2.24) is 9.97 Å². The lowest BCUT2D eigenvalue weighted by atomic mass is 10.2. The summed E-state index contributed by atoms with van der Waals surface area (Å²) in [5.74, 6) is 0. The van der Waals surface area contributed by atoms with Gasteiger partial charge in [-0.15, -0.1) is 0 Å². The molecule has 0 unspecified atom stereocenters. The first-order chi connectivity index (χ1) is 6.25. The van der Waals surface area contributed by atoms with E-state index in [0.29, 0.717) is 5.04 Å². The maximum atomic E-state index is 4.42. The Bertz CT molecular complexity index is 314. The van der Waals surface area contributed by atoms with Crippen molar-refractivity contribution in [1.29, 1.82) is 0 Å². The van der Waals surface area contributed by atoms with Crippen molar-refractivity contribution in [2.24, 2.45) is 0 Å². The van der Waals surface area contributed by atoms with Gasteiger partial charge in [0, 0.05) is 12.4 Å². The van der Waals surface area contributed by atoms with Crippen LogP contribution < -0.4 is 5.45 Å². The molecule has 1 heterocycles. The Morgan fingerprint density at radius 2 is 1.57 bits per heavy atom. The largest absolute Gasteiger partial charge is 0.246 e. The summed E-state index contributed by atoms with van der Waals surface area (Å²) >= 11 is 3.35. The lowest BCUT2D eigenvalue weighted by molar-refractivity contribution is 0.726. The second-order valence-electron chi connectivity index (χ2n) is 5.10. The summed E-state index contributed by atoms with van der Waals surface area (Å²) in [5.41, 5.74) is 1.04. The van der Waals surface area contributed by atoms with Gasteiger partial charge in [-0.05, 0) is 21.0 Å². The molecule has 0 aliphatic heterocycles. The van der Waals surface area contributed by atoms with Crippen molar-refractivity contribution < 1.29 is 0 Å². The topological polar surface area (TPSA) is 25.8 Å². The molecule has 0 saturated heterocycles. The van der Waals surface area contributed by atoms with Gasteiger partial charge in [-0.25, -0.2) is 9.97 Å². The molecule has 0 fully saturated rings. The van der Waals surface area contributed by atoms with Crippen molar-refractivity contribution in [3.8, 4) is 0 Å². The van der Waals surface area contributed by atoms with E-state index in [1.807, 2.05) is 12.4 Å². The molecule has 0 aliphatic rings. The highest BCUT2D eigenvalue weighted by Crippen LogP contribution is 2.34. The number of nitrogens with zero attached hydrogens (tertiary/aromatic N) is 2. The standard InChI is InChI=1S/C10H17BrN2Si/c1-10(2,3)14(4,5)9-12-6-8(11)7-13-9/h6-7H,1-5H3. The molecule has 0 aromatic carbocycles. The Morgan fingerprint density at radius 3 is 1.93 bits per heavy atom. The smallest absolute Gasteiger partial charge is 0.134 e. The molecule has 0 aliphatic carbocycles. The van der Waals surface area contributed by atoms with Gasteiger partial charge in [-0.2, -0.15) is 0 Å². The lowest BCUT2D eigenvalue weighted by Crippen LogP contribution is -2.52. The average molecular weight is 273 g/mol. The molecule has 0 N–H and O–H groups in total. The molecule has 78 valence electrons. The molecular formula is C10H17BrN2Si. The minimum Gasteiger partial charge on any atom is -0.246 e. The molecule has 0 atom stereocenters. The van der Waals surface area contributed by atoms with Gasteiger partial charge in [0.05, 0.1) is 4.47 Å². The highest BCUT2D eigenvalue weighted by atomic mass is 79.9. The van der Waals surface area contributed by atoms with Gasteiger partial charge >= 0.3 is 0 Å². The van der Waals surface area contributed by atoms with E-state index in [1.165, 1.54) is 0 Å². The minimum atomic E-state index is -1.55. The quantitative estimate of drug-likeness (QED) is 0.735. The van der Waals surface area contributed by atoms with Gasteiger partial charge in [-0.1, -0.05) is 33.9 Å². The number of rotatable bonds is 1. The van der Waals surface area contributed by atoms with E-state index >= 15 is 0 Å². The monoisotopic (exact) mass is 272 g/mol. The third kappa shape index (κ3) is 2.23. The van der Waals surface area contributed by atoms with Crippen LogP contribution in [0.5, 0.6) is 0 Å². The molecule has 1 rings (SSSR count). The fourth-order valence-corrected chi connectivity index (χ4v) is 2.62. The highest BCUT2D eigenvalue weighted by molar-refractivity contribution is 9.10. The van der Waals surface area contributed by atoms with E-state index in [1.54, 1.807) is 0 Å². The SMILES string of the molecule is CC(C)(C)[Si](C)(C)c1ncc(Br)cn1. The first-order valence-corrected chi connectivity index (χ1v) is 8.52. The molecule has 1 aromatic heterocycles. The summed E-state index contributed by atoms with van der Waals surface area (Å²) in [6, 6.07) is 0. The van der Waals surface area contributed by atoms with E-state index in [2.05, 4.69) is 59.8 Å². The Kier molecular flexibility index (Phi) is 3.16. The summed E-state index contributed by atoms with van der Waals surface area (Å²) in [6.45, 7) is 11.4. The fourth-order valence-electron chi connectivity index (χ4n) is 0.970. The van der Waals surface area contributed by atoms with Crippen molar-refractivity contribution >= 4 is 29.5 Å². The molecule has 0 saturated carbocycles. The Labute approximate surface area is 95.3 Å². The van der Waals surface area contributed by atoms with Crippen molar-refractivity contribution in [2.75, 3.05) is 0 Å². The average Bonchev–Trinajstić information content (AvgIpc) is 2.03. The Hall–Kier alpha value is -0.223. The van der Waals surface area contributed by atoms with Crippen molar-refractivity contribution in [2.45, 2.75) is 38.9 Å². The van der Waals surface area contributed by atoms with E-state index in [-0.39, 0.29) is 0 Å². The second-order valence-corrected chi connectivity index (χ2v) is 11.2. The van der Waals surface area contributed by atoms with Gasteiger partial charge in [0.2, 0.25) is 0 Å². The minimum absolute atomic E-state index is 0.292. The zero-order chi connectivity index (χ0) is 11.0. The summed E-state index contributed by atoms with van der Waals surface area (Å²) in [6.07, 6.45) is 3.67. The van der Waals surface area contributed by atoms with Crippen LogP contribution in [0, 0.1) is 0 Å². The molecule has 2 nitrogen and oxygen atoms in total. The van der Waals surface area contributed by atoms with E-state index in [4.69, 9.17) is 0 Å². The fraction of sp³-hybridized carbons (Fsp3) is 0.600. The summed E-state index contributed by atoms with van der Waals surface area (Å²) < 4.78 is 0.944. The molecule has 0 radical (unpaired) electrons. The van der Waals surface area contributed by atoms with E-state index < -0.39 is 8.07 Å². The summed E-state index contributed by atoms with van der Waals surface area (Å²) in [4.78, 5) is 8.84. The molecule has 0 amide bonds. The van der Waals surface area contributed by atoms with Crippen LogP contribution in [0.3, 0.4) is 0 Å². The van der Waals surface area contributed by atoms with Gasteiger partial charge in [0.25, 0.3) is 0 Å². The first kappa shape index (κ1) is 11.8. The van der Waals surface area contributed by atoms with Crippen LogP contribution in [0.1, 0.15) is 20.8 Å². The van der Waals surface area contributed by atoms with Crippen molar-refractivity contribution in [3.63, 3.8) is 0 Å². The molecule has 14 heavy (non-hydrogen) atoms. The van der Waals surface area contributed by atoms with Gasteiger partial charge < -0.3 is 0 Å². The Morgan fingerprint density at radius 1 is 1.14 bits per heavy atom. The number of hydrogen-bond acceptors (Lipinski definition) is 2. The van der Waals surface area contributed by atoms with Crippen LogP contribution in [0.15, 0.2) is 16.9 Å². The number of hydrogen-bond donors (Lipinski definition) is 0. The molecule has 4 heteroatoms. The predicted molar refractivity (Wildman–Crippen MR) is 66.6 cm³/mol. The summed E-state index contributed by atoms with van der Waals surface area (Å²) in [7, 11) is -1.55. The lowest BCUT2D eigenvalue weighted by Gasteiger charge is -2.34. The predicted octanol–water partition coefficient (Wildman–Crippen LogP) is 2.95. The van der Waals surface area contributed by atoms with Crippen LogP contribution in [-0.2, 0) is 0 Å².